The summed E-state index contributed by atoms with van der Waals surface area (Å²) in [7, 11) is 0. The van der Waals surface area contributed by atoms with Crippen molar-refractivity contribution in [2.24, 2.45) is 0 Å². The number of allylic oxidation sites excluding steroid dienone is 1. The second kappa shape index (κ2) is 5.05. The quantitative estimate of drug-likeness (QED) is 0.641. The maximum absolute atomic E-state index is 6.37. The maximum Gasteiger partial charge on any atom is 0.0446 e. The molecule has 1 saturated carbocycles. The molecule has 1 aliphatic carbocycles. The minimum atomic E-state index is 0.681. The SMILES string of the molecule is C=C(C)c1ccc(C2CCCCC2)c(Cl)c1. The molecule has 0 nitrogen and oxygen atoms in total. The van der Waals surface area contributed by atoms with Crippen molar-refractivity contribution in [2.75, 3.05) is 0 Å². The van der Waals surface area contributed by atoms with E-state index in [0.717, 1.165) is 16.2 Å². The van der Waals surface area contributed by atoms with Crippen LogP contribution in [-0.4, -0.2) is 0 Å². The lowest BCUT2D eigenvalue weighted by atomic mass is 9.83. The molecule has 1 fully saturated rings. The van der Waals surface area contributed by atoms with Crippen molar-refractivity contribution in [2.45, 2.75) is 44.9 Å². The molecule has 0 saturated heterocycles. The van der Waals surface area contributed by atoms with E-state index in [1.165, 1.54) is 37.7 Å². The first-order chi connectivity index (χ1) is 7.68. The predicted octanol–water partition coefficient (Wildman–Crippen LogP) is 5.42. The van der Waals surface area contributed by atoms with Crippen LogP contribution in [0.15, 0.2) is 24.8 Å². The fourth-order valence-corrected chi connectivity index (χ4v) is 2.87. The van der Waals surface area contributed by atoms with Gasteiger partial charge >= 0.3 is 0 Å². The highest BCUT2D eigenvalue weighted by atomic mass is 35.5. The Balaban J connectivity index is 2.24. The van der Waals surface area contributed by atoms with Crippen LogP contribution in [0.3, 0.4) is 0 Å². The van der Waals surface area contributed by atoms with Gasteiger partial charge in [0.25, 0.3) is 0 Å². The first kappa shape index (κ1) is 11.7. The van der Waals surface area contributed by atoms with Crippen LogP contribution < -0.4 is 0 Å². The van der Waals surface area contributed by atoms with Crippen molar-refractivity contribution < 1.29 is 0 Å². The van der Waals surface area contributed by atoms with Gasteiger partial charge in [-0.25, -0.2) is 0 Å². The Morgan fingerprint density at radius 1 is 1.25 bits per heavy atom. The van der Waals surface area contributed by atoms with Gasteiger partial charge in [0, 0.05) is 5.02 Å². The van der Waals surface area contributed by atoms with E-state index in [1.54, 1.807) is 0 Å². The molecule has 1 heteroatoms. The number of hydrogen-bond donors (Lipinski definition) is 0. The third-order valence-corrected chi connectivity index (χ3v) is 3.87. The summed E-state index contributed by atoms with van der Waals surface area (Å²) in [6.07, 6.45) is 6.68. The lowest BCUT2D eigenvalue weighted by Gasteiger charge is -2.23. The Labute approximate surface area is 103 Å². The molecule has 0 aromatic heterocycles. The number of hydrogen-bond acceptors (Lipinski definition) is 0. The highest BCUT2D eigenvalue weighted by Crippen LogP contribution is 2.37. The van der Waals surface area contributed by atoms with E-state index in [9.17, 15) is 0 Å². The Morgan fingerprint density at radius 2 is 1.94 bits per heavy atom. The Hall–Kier alpha value is -0.750. The third-order valence-electron chi connectivity index (χ3n) is 3.54. The molecule has 0 atom stereocenters. The van der Waals surface area contributed by atoms with Crippen LogP contribution in [-0.2, 0) is 0 Å². The number of halogens is 1. The summed E-state index contributed by atoms with van der Waals surface area (Å²) >= 11 is 6.37. The van der Waals surface area contributed by atoms with Crippen LogP contribution in [0, 0.1) is 0 Å². The standard InChI is InChI=1S/C15H19Cl/c1-11(2)13-8-9-14(15(16)10-13)12-6-4-3-5-7-12/h8-10,12H,1,3-7H2,2H3. The monoisotopic (exact) mass is 234 g/mol. The van der Waals surface area contributed by atoms with Gasteiger partial charge in [0.1, 0.15) is 0 Å². The summed E-state index contributed by atoms with van der Waals surface area (Å²) in [6, 6.07) is 6.41. The molecule has 0 unspecified atom stereocenters. The summed E-state index contributed by atoms with van der Waals surface area (Å²) < 4.78 is 0. The van der Waals surface area contributed by atoms with Crippen LogP contribution in [0.4, 0.5) is 0 Å². The van der Waals surface area contributed by atoms with E-state index in [0.29, 0.717) is 5.92 Å². The fraction of sp³-hybridized carbons (Fsp3) is 0.467. The smallest absolute Gasteiger partial charge is 0.0446 e. The van der Waals surface area contributed by atoms with E-state index in [2.05, 4.69) is 24.8 Å². The molecule has 2 rings (SSSR count). The summed E-state index contributed by atoms with van der Waals surface area (Å²) in [6.45, 7) is 5.97. The van der Waals surface area contributed by atoms with Gasteiger partial charge in [-0.15, -0.1) is 0 Å². The Bertz CT molecular complexity index is 386. The summed E-state index contributed by atoms with van der Waals surface area (Å²) in [5, 5.41) is 0.924. The molecule has 0 bridgehead atoms. The van der Waals surface area contributed by atoms with Crippen molar-refractivity contribution in [1.82, 2.24) is 0 Å². The van der Waals surface area contributed by atoms with Gasteiger partial charge in [-0.3, -0.25) is 0 Å². The van der Waals surface area contributed by atoms with Crippen LogP contribution in [0.25, 0.3) is 5.57 Å². The van der Waals surface area contributed by atoms with Crippen LogP contribution in [0.5, 0.6) is 0 Å². The fourth-order valence-electron chi connectivity index (χ4n) is 2.54. The first-order valence-electron chi connectivity index (χ1n) is 6.14. The molecule has 16 heavy (non-hydrogen) atoms. The molecule has 0 heterocycles. The van der Waals surface area contributed by atoms with E-state index in [-0.39, 0.29) is 0 Å². The van der Waals surface area contributed by atoms with E-state index < -0.39 is 0 Å². The van der Waals surface area contributed by atoms with Crippen LogP contribution in [0.2, 0.25) is 5.02 Å². The van der Waals surface area contributed by atoms with Crippen molar-refractivity contribution >= 4 is 17.2 Å². The largest absolute Gasteiger partial charge is 0.0955 e. The molecule has 1 aliphatic rings. The van der Waals surface area contributed by atoms with Gasteiger partial charge < -0.3 is 0 Å². The molecule has 0 aliphatic heterocycles. The minimum Gasteiger partial charge on any atom is -0.0955 e. The van der Waals surface area contributed by atoms with Crippen molar-refractivity contribution in [3.63, 3.8) is 0 Å². The zero-order valence-corrected chi connectivity index (χ0v) is 10.7. The lowest BCUT2D eigenvalue weighted by Crippen LogP contribution is -2.05. The average Bonchev–Trinajstić information content (AvgIpc) is 2.30. The van der Waals surface area contributed by atoms with Gasteiger partial charge in [0.2, 0.25) is 0 Å². The van der Waals surface area contributed by atoms with E-state index >= 15 is 0 Å². The van der Waals surface area contributed by atoms with Crippen LogP contribution >= 0.6 is 11.6 Å². The lowest BCUT2D eigenvalue weighted by molar-refractivity contribution is 0.444. The predicted molar refractivity (Wildman–Crippen MR) is 72.0 cm³/mol. The van der Waals surface area contributed by atoms with Gasteiger partial charge in [0.15, 0.2) is 0 Å². The Kier molecular flexibility index (Phi) is 3.70. The van der Waals surface area contributed by atoms with Gasteiger partial charge in [-0.1, -0.05) is 55.1 Å². The topological polar surface area (TPSA) is 0 Å². The zero-order chi connectivity index (χ0) is 11.5. The van der Waals surface area contributed by atoms with Crippen molar-refractivity contribution in [1.29, 1.82) is 0 Å². The summed E-state index contributed by atoms with van der Waals surface area (Å²) in [4.78, 5) is 0. The summed E-state index contributed by atoms with van der Waals surface area (Å²) in [5.74, 6) is 0.681. The maximum atomic E-state index is 6.37. The zero-order valence-electron chi connectivity index (χ0n) is 9.93. The highest BCUT2D eigenvalue weighted by Gasteiger charge is 2.17. The molecule has 0 amide bonds. The molecule has 0 N–H and O–H groups in total. The van der Waals surface area contributed by atoms with E-state index in [1.807, 2.05) is 6.92 Å². The van der Waals surface area contributed by atoms with Gasteiger partial charge in [-0.2, -0.15) is 0 Å². The molecule has 1 aromatic rings. The second-order valence-electron chi connectivity index (χ2n) is 4.85. The van der Waals surface area contributed by atoms with E-state index in [4.69, 9.17) is 11.6 Å². The third kappa shape index (κ3) is 2.49. The second-order valence-corrected chi connectivity index (χ2v) is 5.26. The van der Waals surface area contributed by atoms with Crippen molar-refractivity contribution in [3.05, 3.63) is 40.9 Å². The summed E-state index contributed by atoms with van der Waals surface area (Å²) in [5.41, 5.74) is 3.58. The molecule has 86 valence electrons. The number of benzene rings is 1. The average molecular weight is 235 g/mol. The minimum absolute atomic E-state index is 0.681. The number of rotatable bonds is 2. The van der Waals surface area contributed by atoms with Crippen molar-refractivity contribution in [3.8, 4) is 0 Å². The molecular weight excluding hydrogens is 216 g/mol. The molecule has 1 aromatic carbocycles. The first-order valence-corrected chi connectivity index (χ1v) is 6.51. The molecule has 0 spiro atoms. The Morgan fingerprint density at radius 3 is 2.50 bits per heavy atom. The highest BCUT2D eigenvalue weighted by molar-refractivity contribution is 6.31. The van der Waals surface area contributed by atoms with Gasteiger partial charge in [-0.05, 0) is 42.9 Å². The normalized spacial score (nSPS) is 17.4. The van der Waals surface area contributed by atoms with Gasteiger partial charge in [0.05, 0.1) is 0 Å². The van der Waals surface area contributed by atoms with Crippen LogP contribution in [0.1, 0.15) is 56.1 Å². The molecule has 0 radical (unpaired) electrons. The molecular formula is C15H19Cl.